The molecule has 0 N–H and O–H groups in total. The second-order valence-electron chi connectivity index (χ2n) is 4.86. The number of aromatic nitrogens is 1. The normalized spacial score (nSPS) is 11.4. The Kier molecular flexibility index (Phi) is 3.73. The van der Waals surface area contributed by atoms with Gasteiger partial charge in [-0.15, -0.1) is 0 Å². The lowest BCUT2D eigenvalue weighted by Gasteiger charge is -2.24. The monoisotopic (exact) mass is 316 g/mol. The predicted molar refractivity (Wildman–Crippen MR) is 81.4 cm³/mol. The SMILES string of the molecule is O=C(N(c1ccccc1)c1cnc2ccccc2c1)C(F)(F)F. The molecule has 0 aliphatic rings. The van der Waals surface area contributed by atoms with Gasteiger partial charge in [0.1, 0.15) is 0 Å². The first-order valence-corrected chi connectivity index (χ1v) is 6.78. The minimum atomic E-state index is -4.98. The van der Waals surface area contributed by atoms with Crippen molar-refractivity contribution in [3.8, 4) is 0 Å². The fourth-order valence-corrected chi connectivity index (χ4v) is 2.27. The van der Waals surface area contributed by atoms with Gasteiger partial charge in [0, 0.05) is 11.1 Å². The second kappa shape index (κ2) is 5.72. The number of alkyl halides is 3. The van der Waals surface area contributed by atoms with Gasteiger partial charge in [0.05, 0.1) is 17.4 Å². The van der Waals surface area contributed by atoms with Crippen molar-refractivity contribution in [2.45, 2.75) is 6.18 Å². The number of benzene rings is 2. The van der Waals surface area contributed by atoms with E-state index in [4.69, 9.17) is 0 Å². The van der Waals surface area contributed by atoms with Crippen LogP contribution in [0.5, 0.6) is 0 Å². The van der Waals surface area contributed by atoms with Gasteiger partial charge < -0.3 is 0 Å². The third-order valence-electron chi connectivity index (χ3n) is 3.29. The van der Waals surface area contributed by atoms with E-state index in [0.717, 1.165) is 0 Å². The molecule has 0 aliphatic heterocycles. The van der Waals surface area contributed by atoms with E-state index in [1.54, 1.807) is 42.5 Å². The molecule has 0 spiro atoms. The molecule has 2 aromatic carbocycles. The van der Waals surface area contributed by atoms with Crippen LogP contribution in [0.2, 0.25) is 0 Å². The van der Waals surface area contributed by atoms with E-state index in [1.165, 1.54) is 24.4 Å². The molecule has 116 valence electrons. The summed E-state index contributed by atoms with van der Waals surface area (Å²) in [6.45, 7) is 0. The highest BCUT2D eigenvalue weighted by molar-refractivity contribution is 6.04. The van der Waals surface area contributed by atoms with Gasteiger partial charge in [-0.1, -0.05) is 36.4 Å². The van der Waals surface area contributed by atoms with E-state index < -0.39 is 12.1 Å². The molecule has 23 heavy (non-hydrogen) atoms. The maximum absolute atomic E-state index is 13.0. The molecule has 1 aromatic heterocycles. The van der Waals surface area contributed by atoms with E-state index in [-0.39, 0.29) is 11.4 Å². The van der Waals surface area contributed by atoms with Crippen molar-refractivity contribution in [2.24, 2.45) is 0 Å². The van der Waals surface area contributed by atoms with Crippen LogP contribution in [0.3, 0.4) is 0 Å². The zero-order valence-electron chi connectivity index (χ0n) is 11.8. The highest BCUT2D eigenvalue weighted by Gasteiger charge is 2.43. The molecule has 3 aromatic rings. The summed E-state index contributed by atoms with van der Waals surface area (Å²) >= 11 is 0. The number of hydrogen-bond acceptors (Lipinski definition) is 2. The Morgan fingerprint density at radius 1 is 0.913 bits per heavy atom. The van der Waals surface area contributed by atoms with Crippen LogP contribution in [0.4, 0.5) is 24.5 Å². The Balaban J connectivity index is 2.15. The number of nitrogens with zero attached hydrogens (tertiary/aromatic N) is 2. The van der Waals surface area contributed by atoms with E-state index in [9.17, 15) is 18.0 Å². The third kappa shape index (κ3) is 3.01. The minimum absolute atomic E-state index is 0.0669. The van der Waals surface area contributed by atoms with Crippen molar-refractivity contribution in [1.82, 2.24) is 4.98 Å². The predicted octanol–water partition coefficient (Wildman–Crippen LogP) is 4.46. The van der Waals surface area contributed by atoms with Gasteiger partial charge in [-0.3, -0.25) is 14.7 Å². The standard InChI is InChI=1S/C17H11F3N2O/c18-17(19,20)16(23)22(13-7-2-1-3-8-13)14-10-12-6-4-5-9-15(12)21-11-14/h1-11H. The summed E-state index contributed by atoms with van der Waals surface area (Å²) in [5.41, 5.74) is 0.841. The van der Waals surface area contributed by atoms with Crippen LogP contribution < -0.4 is 4.90 Å². The van der Waals surface area contributed by atoms with Crippen molar-refractivity contribution in [1.29, 1.82) is 0 Å². The van der Waals surface area contributed by atoms with Crippen LogP contribution in [0.25, 0.3) is 10.9 Å². The smallest absolute Gasteiger partial charge is 0.272 e. The van der Waals surface area contributed by atoms with Crippen molar-refractivity contribution in [3.05, 3.63) is 66.9 Å². The van der Waals surface area contributed by atoms with E-state index in [1.807, 2.05) is 0 Å². The fraction of sp³-hybridized carbons (Fsp3) is 0.0588. The highest BCUT2D eigenvalue weighted by atomic mass is 19.4. The van der Waals surface area contributed by atoms with Crippen molar-refractivity contribution in [3.63, 3.8) is 0 Å². The zero-order chi connectivity index (χ0) is 16.4. The average molecular weight is 316 g/mol. The van der Waals surface area contributed by atoms with E-state index >= 15 is 0 Å². The van der Waals surface area contributed by atoms with E-state index in [2.05, 4.69) is 4.98 Å². The Morgan fingerprint density at radius 2 is 1.57 bits per heavy atom. The van der Waals surface area contributed by atoms with Gasteiger partial charge >= 0.3 is 12.1 Å². The molecule has 0 saturated heterocycles. The zero-order valence-corrected chi connectivity index (χ0v) is 11.8. The molecule has 1 heterocycles. The lowest BCUT2D eigenvalue weighted by Crippen LogP contribution is -2.38. The Bertz CT molecular complexity index is 847. The molecule has 0 aliphatic carbocycles. The Hall–Kier alpha value is -2.89. The first kappa shape index (κ1) is 15.0. The average Bonchev–Trinajstić information content (AvgIpc) is 2.55. The summed E-state index contributed by atoms with van der Waals surface area (Å²) < 4.78 is 38.9. The highest BCUT2D eigenvalue weighted by Crippen LogP contribution is 2.32. The van der Waals surface area contributed by atoms with Gasteiger partial charge in [0.2, 0.25) is 0 Å². The van der Waals surface area contributed by atoms with Gasteiger partial charge in [0.25, 0.3) is 0 Å². The van der Waals surface area contributed by atoms with Crippen LogP contribution in [-0.2, 0) is 4.79 Å². The number of pyridine rings is 1. The molecule has 0 fully saturated rings. The number of para-hydroxylation sites is 2. The second-order valence-corrected chi connectivity index (χ2v) is 4.86. The summed E-state index contributed by atoms with van der Waals surface area (Å²) in [6, 6.07) is 16.2. The molecule has 1 amide bonds. The van der Waals surface area contributed by atoms with Crippen LogP contribution >= 0.6 is 0 Å². The summed E-state index contributed by atoms with van der Waals surface area (Å²) in [5, 5.41) is 0.654. The lowest BCUT2D eigenvalue weighted by molar-refractivity contribution is -0.169. The molecule has 0 saturated carbocycles. The molecular weight excluding hydrogens is 305 g/mol. The molecule has 0 bridgehead atoms. The number of amides is 1. The van der Waals surface area contributed by atoms with Crippen molar-refractivity contribution < 1.29 is 18.0 Å². The van der Waals surface area contributed by atoms with Crippen LogP contribution in [0.15, 0.2) is 66.9 Å². The van der Waals surface area contributed by atoms with Crippen LogP contribution in [-0.4, -0.2) is 17.1 Å². The third-order valence-corrected chi connectivity index (χ3v) is 3.29. The molecule has 0 unspecified atom stereocenters. The number of anilines is 2. The van der Waals surface area contributed by atoms with Crippen molar-refractivity contribution in [2.75, 3.05) is 4.90 Å². The van der Waals surface area contributed by atoms with Gasteiger partial charge in [-0.2, -0.15) is 13.2 Å². The fourth-order valence-electron chi connectivity index (χ4n) is 2.27. The number of halogens is 3. The number of hydrogen-bond donors (Lipinski definition) is 0. The van der Waals surface area contributed by atoms with Gasteiger partial charge in [-0.25, -0.2) is 0 Å². The summed E-state index contributed by atoms with van der Waals surface area (Å²) in [5.74, 6) is -1.96. The molecule has 3 nitrogen and oxygen atoms in total. The topological polar surface area (TPSA) is 33.2 Å². The molecule has 3 rings (SSSR count). The van der Waals surface area contributed by atoms with Crippen LogP contribution in [0.1, 0.15) is 0 Å². The number of fused-ring (bicyclic) bond motifs is 1. The first-order chi connectivity index (χ1) is 11.0. The summed E-state index contributed by atoms with van der Waals surface area (Å²) in [4.78, 5) is 16.6. The summed E-state index contributed by atoms with van der Waals surface area (Å²) in [6.07, 6.45) is -3.72. The van der Waals surface area contributed by atoms with Crippen LogP contribution in [0, 0.1) is 0 Å². The molecule has 0 radical (unpaired) electrons. The summed E-state index contributed by atoms with van der Waals surface area (Å²) in [7, 11) is 0. The quantitative estimate of drug-likeness (QED) is 0.699. The lowest BCUT2D eigenvalue weighted by atomic mass is 10.2. The Labute approximate surface area is 130 Å². The van der Waals surface area contributed by atoms with Gasteiger partial charge in [-0.05, 0) is 24.3 Å². The first-order valence-electron chi connectivity index (χ1n) is 6.78. The maximum atomic E-state index is 13.0. The largest absolute Gasteiger partial charge is 0.472 e. The number of carbonyl (C=O) groups is 1. The Morgan fingerprint density at radius 3 is 2.26 bits per heavy atom. The molecular formula is C17H11F3N2O. The van der Waals surface area contributed by atoms with Gasteiger partial charge in [0.15, 0.2) is 0 Å². The minimum Gasteiger partial charge on any atom is -0.272 e. The maximum Gasteiger partial charge on any atom is 0.472 e. The number of rotatable bonds is 2. The molecule has 0 atom stereocenters. The van der Waals surface area contributed by atoms with Crippen molar-refractivity contribution >= 4 is 28.2 Å². The molecule has 6 heteroatoms. The van der Waals surface area contributed by atoms with E-state index in [0.29, 0.717) is 15.8 Å². The number of carbonyl (C=O) groups excluding carboxylic acids is 1.